The maximum atomic E-state index is 5.11. The molecule has 0 unspecified atom stereocenters. The minimum atomic E-state index is 1.04. The van der Waals surface area contributed by atoms with Crippen LogP contribution in [0.1, 0.15) is 0 Å². The summed E-state index contributed by atoms with van der Waals surface area (Å²) >= 11 is 3.62. The zero-order chi connectivity index (χ0) is 37.7. The summed E-state index contributed by atoms with van der Waals surface area (Å²) in [5.41, 5.74) is 12.7. The second kappa shape index (κ2) is 14.0. The first-order valence-corrected chi connectivity index (χ1v) is 20.8. The molecular formula is C53H34N2S2. The molecule has 268 valence electrons. The molecule has 0 aliphatic heterocycles. The molecule has 0 fully saturated rings. The van der Waals surface area contributed by atoms with Gasteiger partial charge < -0.3 is 4.90 Å². The minimum absolute atomic E-state index is 1.04. The lowest BCUT2D eigenvalue weighted by atomic mass is 9.90. The molecular weight excluding hydrogens is 729 g/mol. The molecule has 11 aromatic rings. The van der Waals surface area contributed by atoms with Gasteiger partial charge in [0.15, 0.2) is 0 Å². The molecule has 0 aliphatic carbocycles. The number of thiophene rings is 1. The van der Waals surface area contributed by atoms with Crippen LogP contribution < -0.4 is 4.90 Å². The van der Waals surface area contributed by atoms with Crippen LogP contribution in [0.15, 0.2) is 206 Å². The third-order valence-electron chi connectivity index (χ3n) is 10.9. The summed E-state index contributed by atoms with van der Waals surface area (Å²) in [5.74, 6) is 0. The van der Waals surface area contributed by atoms with E-state index >= 15 is 0 Å². The van der Waals surface area contributed by atoms with Crippen LogP contribution >= 0.6 is 22.7 Å². The highest BCUT2D eigenvalue weighted by atomic mass is 32.1. The molecule has 0 atom stereocenters. The monoisotopic (exact) mass is 762 g/mol. The lowest BCUT2D eigenvalue weighted by molar-refractivity contribution is 1.29. The Bertz CT molecular complexity index is 3220. The standard InChI is InChI=1S/C53H34N2S2/c1-4-13-35(14-5-1)36-23-25-40(26-24-36)55(41-27-29-44(37-15-6-2-7-16-37)46(31-41)45-22-12-20-38-17-10-11-21-43(38)45)42-28-30-50-47(32-42)48-33-49-52(34-51(48)56-50)57-53(54-49)39-18-8-3-9-19-39/h1-34H. The summed E-state index contributed by atoms with van der Waals surface area (Å²) in [7, 11) is 0. The molecule has 2 heterocycles. The van der Waals surface area contributed by atoms with Crippen molar-refractivity contribution >= 4 is 80.9 Å². The maximum absolute atomic E-state index is 5.11. The number of rotatable bonds is 7. The largest absolute Gasteiger partial charge is 0.310 e. The first-order chi connectivity index (χ1) is 28.2. The molecule has 0 N–H and O–H groups in total. The second-order valence-electron chi connectivity index (χ2n) is 14.4. The van der Waals surface area contributed by atoms with Crippen molar-refractivity contribution in [1.82, 2.24) is 4.98 Å². The molecule has 2 nitrogen and oxygen atoms in total. The third kappa shape index (κ3) is 6.07. The lowest BCUT2D eigenvalue weighted by Crippen LogP contribution is -2.10. The predicted molar refractivity (Wildman–Crippen MR) is 246 cm³/mol. The molecule has 4 heteroatoms. The van der Waals surface area contributed by atoms with E-state index in [1.54, 1.807) is 11.3 Å². The van der Waals surface area contributed by atoms with Crippen LogP contribution in [0.2, 0.25) is 0 Å². The highest BCUT2D eigenvalue weighted by Gasteiger charge is 2.20. The Hall–Kier alpha value is -6.85. The molecule has 0 saturated carbocycles. The van der Waals surface area contributed by atoms with Crippen LogP contribution in [0.4, 0.5) is 17.1 Å². The van der Waals surface area contributed by atoms with Crippen molar-refractivity contribution in [2.75, 3.05) is 4.90 Å². The summed E-state index contributed by atoms with van der Waals surface area (Å²) in [6.45, 7) is 0. The van der Waals surface area contributed by atoms with E-state index in [1.807, 2.05) is 11.3 Å². The Kier molecular flexibility index (Phi) is 8.24. The topological polar surface area (TPSA) is 16.1 Å². The zero-order valence-electron chi connectivity index (χ0n) is 30.8. The maximum Gasteiger partial charge on any atom is 0.124 e. The SMILES string of the molecule is c1ccc(-c2ccc(N(c3ccc(-c4ccccc4)c(-c4cccc5ccccc45)c3)c3ccc4sc5cc6sc(-c7ccccc7)nc6cc5c4c3)cc2)cc1. The van der Waals surface area contributed by atoms with Gasteiger partial charge in [0.25, 0.3) is 0 Å². The van der Waals surface area contributed by atoms with Crippen molar-refractivity contribution in [3.8, 4) is 44.0 Å². The average Bonchev–Trinajstić information content (AvgIpc) is 3.87. The van der Waals surface area contributed by atoms with Crippen molar-refractivity contribution < 1.29 is 0 Å². The molecule has 0 spiro atoms. The Labute approximate surface area is 339 Å². The molecule has 0 radical (unpaired) electrons. The van der Waals surface area contributed by atoms with Crippen LogP contribution in [0.25, 0.3) is 85.1 Å². The van der Waals surface area contributed by atoms with Crippen LogP contribution in [0.3, 0.4) is 0 Å². The molecule has 11 rings (SSSR count). The number of nitrogens with zero attached hydrogens (tertiary/aromatic N) is 2. The number of aromatic nitrogens is 1. The molecule has 9 aromatic carbocycles. The van der Waals surface area contributed by atoms with Gasteiger partial charge in [-0.25, -0.2) is 4.98 Å². The van der Waals surface area contributed by atoms with Crippen molar-refractivity contribution in [3.05, 3.63) is 206 Å². The summed E-state index contributed by atoms with van der Waals surface area (Å²) in [6.07, 6.45) is 0. The van der Waals surface area contributed by atoms with Gasteiger partial charge >= 0.3 is 0 Å². The highest BCUT2D eigenvalue weighted by molar-refractivity contribution is 7.26. The van der Waals surface area contributed by atoms with E-state index in [0.717, 1.165) is 33.1 Å². The van der Waals surface area contributed by atoms with Crippen LogP contribution in [0.5, 0.6) is 0 Å². The van der Waals surface area contributed by atoms with Gasteiger partial charge in [0.2, 0.25) is 0 Å². The number of hydrogen-bond acceptors (Lipinski definition) is 4. The van der Waals surface area contributed by atoms with Crippen molar-refractivity contribution in [2.24, 2.45) is 0 Å². The highest BCUT2D eigenvalue weighted by Crippen LogP contribution is 2.46. The fourth-order valence-electron chi connectivity index (χ4n) is 8.13. The molecule has 0 amide bonds. The Balaban J connectivity index is 1.11. The predicted octanol–water partition coefficient (Wildman–Crippen LogP) is 16.0. The summed E-state index contributed by atoms with van der Waals surface area (Å²) in [4.78, 5) is 7.52. The Morgan fingerprint density at radius 1 is 0.333 bits per heavy atom. The number of benzene rings is 9. The van der Waals surface area contributed by atoms with Gasteiger partial charge in [0.1, 0.15) is 5.01 Å². The Morgan fingerprint density at radius 3 is 1.74 bits per heavy atom. The van der Waals surface area contributed by atoms with Crippen LogP contribution in [-0.2, 0) is 0 Å². The quantitative estimate of drug-likeness (QED) is 0.161. The van der Waals surface area contributed by atoms with Gasteiger partial charge in [-0.15, -0.1) is 22.7 Å². The Morgan fingerprint density at radius 2 is 0.947 bits per heavy atom. The number of fused-ring (bicyclic) bond motifs is 5. The van der Waals surface area contributed by atoms with E-state index in [0.29, 0.717) is 0 Å². The van der Waals surface area contributed by atoms with E-state index in [-0.39, 0.29) is 0 Å². The van der Waals surface area contributed by atoms with Gasteiger partial charge in [0.05, 0.1) is 10.2 Å². The third-order valence-corrected chi connectivity index (χ3v) is 13.1. The molecule has 0 aliphatic rings. The lowest BCUT2D eigenvalue weighted by Gasteiger charge is -2.27. The fraction of sp³-hybridized carbons (Fsp3) is 0. The van der Waals surface area contributed by atoms with Gasteiger partial charge in [-0.05, 0) is 98.8 Å². The van der Waals surface area contributed by atoms with Gasteiger partial charge in [-0.3, -0.25) is 0 Å². The average molecular weight is 763 g/mol. The summed E-state index contributed by atoms with van der Waals surface area (Å²) in [5, 5.41) is 6.00. The number of thiazole rings is 1. The fourth-order valence-corrected chi connectivity index (χ4v) is 10.3. The molecule has 0 saturated heterocycles. The van der Waals surface area contributed by atoms with Crippen molar-refractivity contribution in [2.45, 2.75) is 0 Å². The first kappa shape index (κ1) is 33.5. The number of anilines is 3. The molecule has 2 aromatic heterocycles. The minimum Gasteiger partial charge on any atom is -0.310 e. The summed E-state index contributed by atoms with van der Waals surface area (Å²) < 4.78 is 3.76. The van der Waals surface area contributed by atoms with Gasteiger partial charge in [0, 0.05) is 42.8 Å². The van der Waals surface area contributed by atoms with E-state index in [4.69, 9.17) is 4.98 Å². The van der Waals surface area contributed by atoms with Crippen molar-refractivity contribution in [3.63, 3.8) is 0 Å². The normalized spacial score (nSPS) is 11.5. The van der Waals surface area contributed by atoms with Gasteiger partial charge in [-0.1, -0.05) is 152 Å². The molecule has 57 heavy (non-hydrogen) atoms. The van der Waals surface area contributed by atoms with Crippen molar-refractivity contribution in [1.29, 1.82) is 0 Å². The smallest absolute Gasteiger partial charge is 0.124 e. The summed E-state index contributed by atoms with van der Waals surface area (Å²) in [6, 6.07) is 74.7. The van der Waals surface area contributed by atoms with Crippen LogP contribution in [0, 0.1) is 0 Å². The van der Waals surface area contributed by atoms with E-state index in [1.165, 1.54) is 69.0 Å². The molecule has 0 bridgehead atoms. The first-order valence-electron chi connectivity index (χ1n) is 19.2. The number of hydrogen-bond donors (Lipinski definition) is 0. The van der Waals surface area contributed by atoms with E-state index in [9.17, 15) is 0 Å². The second-order valence-corrected chi connectivity index (χ2v) is 16.5. The van der Waals surface area contributed by atoms with E-state index < -0.39 is 0 Å². The zero-order valence-corrected chi connectivity index (χ0v) is 32.5. The van der Waals surface area contributed by atoms with Crippen LogP contribution in [-0.4, -0.2) is 4.98 Å². The van der Waals surface area contributed by atoms with Gasteiger partial charge in [-0.2, -0.15) is 0 Å². The van der Waals surface area contributed by atoms with E-state index in [2.05, 4.69) is 211 Å².